The maximum atomic E-state index is 13.0. The first-order valence-corrected chi connectivity index (χ1v) is 10.8. The third-order valence-electron chi connectivity index (χ3n) is 5.10. The number of ether oxygens (including phenoxy) is 1. The van der Waals surface area contributed by atoms with E-state index in [-0.39, 0.29) is 12.6 Å². The maximum absolute atomic E-state index is 13.0. The monoisotopic (exact) mass is 432 g/mol. The third kappa shape index (κ3) is 3.32. The summed E-state index contributed by atoms with van der Waals surface area (Å²) in [7, 11) is 0. The van der Waals surface area contributed by atoms with E-state index in [1.165, 1.54) is 6.33 Å². The van der Waals surface area contributed by atoms with E-state index in [0.717, 1.165) is 21.8 Å². The van der Waals surface area contributed by atoms with Crippen LogP contribution in [0, 0.1) is 0 Å². The molecule has 31 heavy (non-hydrogen) atoms. The fraction of sp³-hybridized carbons (Fsp3) is 0.182. The summed E-state index contributed by atoms with van der Waals surface area (Å²) in [4.78, 5) is 18.3. The van der Waals surface area contributed by atoms with E-state index in [9.17, 15) is 4.79 Å². The summed E-state index contributed by atoms with van der Waals surface area (Å²) in [5.74, 6) is 0.184. The van der Waals surface area contributed by atoms with Gasteiger partial charge < -0.3 is 10.1 Å². The normalized spacial score (nSPS) is 15.5. The van der Waals surface area contributed by atoms with Gasteiger partial charge in [0, 0.05) is 17.5 Å². The number of para-hydroxylation sites is 1. The first-order valence-electron chi connectivity index (χ1n) is 9.90. The van der Waals surface area contributed by atoms with Gasteiger partial charge in [0.1, 0.15) is 18.1 Å². The summed E-state index contributed by atoms with van der Waals surface area (Å²) in [6.45, 7) is 3.93. The molecule has 1 aliphatic heterocycles. The molecule has 4 heterocycles. The number of carbonyl (C=O) groups is 1. The zero-order valence-electron chi connectivity index (χ0n) is 17.0. The molecule has 3 aromatic heterocycles. The summed E-state index contributed by atoms with van der Waals surface area (Å²) in [5.41, 5.74) is 3.75. The molecular weight excluding hydrogens is 412 g/mol. The SMILES string of the molecule is CCOC(=O)C1=C(C)Nc2ncnn2[C@@H]1c1cn(-c2ccccc2)nc1-c1cccs1. The molecule has 0 radical (unpaired) electrons. The van der Waals surface area contributed by atoms with Crippen LogP contribution in [0.3, 0.4) is 0 Å². The zero-order valence-corrected chi connectivity index (χ0v) is 17.8. The van der Waals surface area contributed by atoms with Gasteiger partial charge in [-0.3, -0.25) is 0 Å². The minimum atomic E-state index is -0.521. The Morgan fingerprint density at radius 3 is 2.81 bits per heavy atom. The lowest BCUT2D eigenvalue weighted by Crippen LogP contribution is -2.29. The number of nitrogens with zero attached hydrogens (tertiary/aromatic N) is 5. The average molecular weight is 433 g/mol. The number of hydrogen-bond acceptors (Lipinski definition) is 7. The molecule has 8 nitrogen and oxygen atoms in total. The van der Waals surface area contributed by atoms with Gasteiger partial charge in [0.15, 0.2) is 0 Å². The van der Waals surface area contributed by atoms with Crippen molar-refractivity contribution in [1.82, 2.24) is 24.5 Å². The number of aromatic nitrogens is 5. The zero-order chi connectivity index (χ0) is 21.4. The standard InChI is InChI=1S/C22H20N6O2S/c1-3-30-21(29)18-14(2)25-22-23-13-24-28(22)20(18)16-12-27(15-8-5-4-6-9-15)26-19(16)17-10-7-11-31-17/h4-13,20H,3H2,1-2H3,(H,23,24,25)/t20-/m1/s1. The minimum absolute atomic E-state index is 0.285. The van der Waals surface area contributed by atoms with Crippen LogP contribution in [-0.4, -0.2) is 37.1 Å². The molecule has 4 aromatic rings. The van der Waals surface area contributed by atoms with Crippen LogP contribution in [0.1, 0.15) is 25.5 Å². The highest BCUT2D eigenvalue weighted by atomic mass is 32.1. The van der Waals surface area contributed by atoms with Gasteiger partial charge in [0.2, 0.25) is 5.95 Å². The van der Waals surface area contributed by atoms with Crippen molar-refractivity contribution in [2.45, 2.75) is 19.9 Å². The van der Waals surface area contributed by atoms with Crippen LogP contribution in [0.5, 0.6) is 0 Å². The number of fused-ring (bicyclic) bond motifs is 1. The highest BCUT2D eigenvalue weighted by Gasteiger charge is 2.37. The summed E-state index contributed by atoms with van der Waals surface area (Å²) < 4.78 is 8.94. The van der Waals surface area contributed by atoms with Crippen LogP contribution < -0.4 is 5.32 Å². The fourth-order valence-electron chi connectivity index (χ4n) is 3.76. The largest absolute Gasteiger partial charge is 0.463 e. The molecule has 9 heteroatoms. The number of hydrogen-bond donors (Lipinski definition) is 1. The summed E-state index contributed by atoms with van der Waals surface area (Å²) in [5, 5.41) is 14.5. The van der Waals surface area contributed by atoms with Gasteiger partial charge in [-0.2, -0.15) is 15.2 Å². The lowest BCUT2D eigenvalue weighted by Gasteiger charge is -2.27. The van der Waals surface area contributed by atoms with E-state index >= 15 is 0 Å². The van der Waals surface area contributed by atoms with Crippen molar-refractivity contribution in [2.75, 3.05) is 11.9 Å². The summed E-state index contributed by atoms with van der Waals surface area (Å²) >= 11 is 1.60. The molecule has 0 aliphatic carbocycles. The Hall–Kier alpha value is -3.72. The van der Waals surface area contributed by atoms with Crippen molar-refractivity contribution in [3.8, 4) is 16.3 Å². The molecule has 0 saturated carbocycles. The molecule has 0 saturated heterocycles. The van der Waals surface area contributed by atoms with Crippen LogP contribution in [-0.2, 0) is 9.53 Å². The van der Waals surface area contributed by atoms with E-state index in [2.05, 4.69) is 15.4 Å². The van der Waals surface area contributed by atoms with Crippen LogP contribution in [0.25, 0.3) is 16.3 Å². The lowest BCUT2D eigenvalue weighted by molar-refractivity contribution is -0.139. The number of esters is 1. The van der Waals surface area contributed by atoms with Crippen LogP contribution >= 0.6 is 11.3 Å². The minimum Gasteiger partial charge on any atom is -0.463 e. The molecular formula is C22H20N6O2S. The van der Waals surface area contributed by atoms with Crippen molar-refractivity contribution in [3.05, 3.63) is 77.2 Å². The maximum Gasteiger partial charge on any atom is 0.338 e. The van der Waals surface area contributed by atoms with E-state index < -0.39 is 6.04 Å². The predicted molar refractivity (Wildman–Crippen MR) is 118 cm³/mol. The molecule has 0 unspecified atom stereocenters. The van der Waals surface area contributed by atoms with Gasteiger partial charge in [-0.1, -0.05) is 24.3 Å². The van der Waals surface area contributed by atoms with Gasteiger partial charge in [0.25, 0.3) is 0 Å². The van der Waals surface area contributed by atoms with Crippen molar-refractivity contribution in [3.63, 3.8) is 0 Å². The van der Waals surface area contributed by atoms with Crippen molar-refractivity contribution < 1.29 is 9.53 Å². The van der Waals surface area contributed by atoms with Gasteiger partial charge in [-0.25, -0.2) is 14.2 Å². The highest BCUT2D eigenvalue weighted by Crippen LogP contribution is 2.40. The second-order valence-corrected chi connectivity index (χ2v) is 7.95. The topological polar surface area (TPSA) is 86.9 Å². The molecule has 1 aliphatic rings. The van der Waals surface area contributed by atoms with E-state index in [4.69, 9.17) is 9.84 Å². The van der Waals surface area contributed by atoms with E-state index in [1.54, 1.807) is 22.9 Å². The van der Waals surface area contributed by atoms with Crippen LogP contribution in [0.2, 0.25) is 0 Å². The van der Waals surface area contributed by atoms with Gasteiger partial charge >= 0.3 is 5.97 Å². The number of nitrogens with one attached hydrogen (secondary N) is 1. The van der Waals surface area contributed by atoms with Crippen molar-refractivity contribution in [1.29, 1.82) is 0 Å². The summed E-state index contributed by atoms with van der Waals surface area (Å²) in [6.07, 6.45) is 3.43. The van der Waals surface area contributed by atoms with Crippen LogP contribution in [0.15, 0.2) is 71.6 Å². The molecule has 0 fully saturated rings. The number of carbonyl (C=O) groups excluding carboxylic acids is 1. The van der Waals surface area contributed by atoms with E-state index in [1.807, 2.05) is 65.6 Å². The molecule has 156 valence electrons. The Labute approximate surface area is 182 Å². The molecule has 0 amide bonds. The highest BCUT2D eigenvalue weighted by molar-refractivity contribution is 7.13. The molecule has 1 atom stereocenters. The predicted octanol–water partition coefficient (Wildman–Crippen LogP) is 4.04. The quantitative estimate of drug-likeness (QED) is 0.479. The Morgan fingerprint density at radius 1 is 1.23 bits per heavy atom. The Balaban J connectivity index is 1.74. The fourth-order valence-corrected chi connectivity index (χ4v) is 4.49. The van der Waals surface area contributed by atoms with Crippen molar-refractivity contribution >= 4 is 23.3 Å². The van der Waals surface area contributed by atoms with Gasteiger partial charge in [-0.15, -0.1) is 11.3 Å². The third-order valence-corrected chi connectivity index (χ3v) is 5.98. The lowest BCUT2D eigenvalue weighted by atomic mass is 9.95. The van der Waals surface area contributed by atoms with Crippen molar-refractivity contribution in [2.24, 2.45) is 0 Å². The van der Waals surface area contributed by atoms with Gasteiger partial charge in [0.05, 0.1) is 22.7 Å². The number of rotatable bonds is 5. The first-order chi connectivity index (χ1) is 15.2. The number of benzene rings is 1. The summed E-state index contributed by atoms with van der Waals surface area (Å²) in [6, 6.07) is 13.4. The molecule has 1 aromatic carbocycles. The second kappa shape index (κ2) is 7.84. The Bertz CT molecular complexity index is 1260. The van der Waals surface area contributed by atoms with E-state index in [0.29, 0.717) is 17.2 Å². The number of allylic oxidation sites excluding steroid dienone is 1. The number of anilines is 1. The Morgan fingerprint density at radius 2 is 2.06 bits per heavy atom. The Kier molecular flexibility index (Phi) is 4.87. The molecule has 0 spiro atoms. The smallest absolute Gasteiger partial charge is 0.338 e. The molecule has 0 bridgehead atoms. The molecule has 5 rings (SSSR count). The van der Waals surface area contributed by atoms with Crippen LogP contribution in [0.4, 0.5) is 5.95 Å². The first kappa shape index (κ1) is 19.3. The number of thiophene rings is 1. The average Bonchev–Trinajstić information content (AvgIpc) is 3.53. The molecule has 1 N–H and O–H groups in total. The van der Waals surface area contributed by atoms with Gasteiger partial charge in [-0.05, 0) is 37.4 Å². The second-order valence-electron chi connectivity index (χ2n) is 7.01.